The van der Waals surface area contributed by atoms with Crippen LogP contribution < -0.4 is 4.74 Å². The van der Waals surface area contributed by atoms with E-state index in [1.807, 2.05) is 24.3 Å². The Labute approximate surface area is 71.8 Å². The van der Waals surface area contributed by atoms with Crippen molar-refractivity contribution in [2.75, 3.05) is 6.61 Å². The normalized spacial score (nSPS) is 23.0. The van der Waals surface area contributed by atoms with Gasteiger partial charge in [-0.3, -0.25) is 0 Å². The summed E-state index contributed by atoms with van der Waals surface area (Å²) >= 11 is 0. The molecular formula is C10H12O2. The zero-order valence-electron chi connectivity index (χ0n) is 7.03. The third-order valence-electron chi connectivity index (χ3n) is 2.32. The second-order valence-corrected chi connectivity index (χ2v) is 3.20. The first kappa shape index (κ1) is 7.62. The number of rotatable bonds is 1. The second kappa shape index (κ2) is 2.79. The fourth-order valence-corrected chi connectivity index (χ4v) is 1.59. The Morgan fingerprint density at radius 2 is 2.25 bits per heavy atom. The molecule has 1 N–H and O–H groups in total. The van der Waals surface area contributed by atoms with Crippen LogP contribution in [0.5, 0.6) is 5.75 Å². The highest BCUT2D eigenvalue weighted by Crippen LogP contribution is 2.35. The van der Waals surface area contributed by atoms with Crippen molar-refractivity contribution < 1.29 is 9.84 Å². The van der Waals surface area contributed by atoms with Gasteiger partial charge in [0.05, 0.1) is 12.7 Å². The molecule has 0 bridgehead atoms. The van der Waals surface area contributed by atoms with Crippen LogP contribution in [0.4, 0.5) is 0 Å². The Hall–Kier alpha value is -1.02. The molecule has 0 fully saturated rings. The van der Waals surface area contributed by atoms with Gasteiger partial charge in [-0.15, -0.1) is 0 Å². The SMILES string of the molecule is CC(O)C1COc2ccccc21. The summed E-state index contributed by atoms with van der Waals surface area (Å²) < 4.78 is 5.41. The molecule has 1 aromatic rings. The quantitative estimate of drug-likeness (QED) is 0.682. The third-order valence-corrected chi connectivity index (χ3v) is 2.32. The van der Waals surface area contributed by atoms with Gasteiger partial charge in [0.15, 0.2) is 0 Å². The van der Waals surface area contributed by atoms with Gasteiger partial charge in [0.2, 0.25) is 0 Å². The zero-order chi connectivity index (χ0) is 8.55. The Morgan fingerprint density at radius 3 is 3.00 bits per heavy atom. The van der Waals surface area contributed by atoms with E-state index in [-0.39, 0.29) is 12.0 Å². The monoisotopic (exact) mass is 164 g/mol. The lowest BCUT2D eigenvalue weighted by Gasteiger charge is -2.10. The topological polar surface area (TPSA) is 29.5 Å². The van der Waals surface area contributed by atoms with Gasteiger partial charge in [0, 0.05) is 11.5 Å². The predicted octanol–water partition coefficient (Wildman–Crippen LogP) is 1.54. The maximum atomic E-state index is 9.42. The molecule has 2 nitrogen and oxygen atoms in total. The molecule has 2 unspecified atom stereocenters. The van der Waals surface area contributed by atoms with Crippen LogP contribution in [0.25, 0.3) is 0 Å². The molecule has 0 saturated heterocycles. The number of hydrogen-bond acceptors (Lipinski definition) is 2. The zero-order valence-corrected chi connectivity index (χ0v) is 7.03. The Morgan fingerprint density at radius 1 is 1.50 bits per heavy atom. The van der Waals surface area contributed by atoms with E-state index in [0.717, 1.165) is 11.3 Å². The fraction of sp³-hybridized carbons (Fsp3) is 0.400. The van der Waals surface area contributed by atoms with E-state index in [2.05, 4.69) is 0 Å². The first-order valence-corrected chi connectivity index (χ1v) is 4.19. The van der Waals surface area contributed by atoms with Gasteiger partial charge in [0.1, 0.15) is 5.75 Å². The molecule has 0 aliphatic carbocycles. The number of benzene rings is 1. The third kappa shape index (κ3) is 1.08. The minimum Gasteiger partial charge on any atom is -0.493 e. The van der Waals surface area contributed by atoms with Crippen molar-refractivity contribution in [3.05, 3.63) is 29.8 Å². The summed E-state index contributed by atoms with van der Waals surface area (Å²) in [5, 5.41) is 9.42. The molecule has 2 atom stereocenters. The van der Waals surface area contributed by atoms with E-state index < -0.39 is 0 Å². The van der Waals surface area contributed by atoms with Crippen molar-refractivity contribution in [1.82, 2.24) is 0 Å². The number of para-hydroxylation sites is 1. The average Bonchev–Trinajstić information content (AvgIpc) is 2.47. The largest absolute Gasteiger partial charge is 0.493 e. The van der Waals surface area contributed by atoms with Gasteiger partial charge >= 0.3 is 0 Å². The highest BCUT2D eigenvalue weighted by Gasteiger charge is 2.26. The van der Waals surface area contributed by atoms with Crippen molar-refractivity contribution >= 4 is 0 Å². The van der Waals surface area contributed by atoms with Crippen LogP contribution in [-0.4, -0.2) is 17.8 Å². The number of aliphatic hydroxyl groups excluding tert-OH is 1. The molecule has 1 aliphatic heterocycles. The minimum atomic E-state index is -0.325. The molecule has 2 rings (SSSR count). The molecule has 0 spiro atoms. The second-order valence-electron chi connectivity index (χ2n) is 3.20. The van der Waals surface area contributed by atoms with Crippen LogP contribution in [0.1, 0.15) is 18.4 Å². The van der Waals surface area contributed by atoms with Crippen LogP contribution in [0, 0.1) is 0 Å². The van der Waals surface area contributed by atoms with E-state index >= 15 is 0 Å². The summed E-state index contributed by atoms with van der Waals surface area (Å²) in [6.07, 6.45) is -0.325. The Balaban J connectivity index is 2.36. The van der Waals surface area contributed by atoms with Crippen LogP contribution in [0.15, 0.2) is 24.3 Å². The molecule has 12 heavy (non-hydrogen) atoms. The average molecular weight is 164 g/mol. The van der Waals surface area contributed by atoms with E-state index in [9.17, 15) is 5.11 Å². The van der Waals surface area contributed by atoms with Crippen molar-refractivity contribution in [3.8, 4) is 5.75 Å². The number of aliphatic hydroxyl groups is 1. The standard InChI is InChI=1S/C10H12O2/c1-7(11)9-6-12-10-5-3-2-4-8(9)10/h2-5,7,9,11H,6H2,1H3. The number of hydrogen-bond donors (Lipinski definition) is 1. The van der Waals surface area contributed by atoms with E-state index in [1.54, 1.807) is 6.92 Å². The lowest BCUT2D eigenvalue weighted by atomic mass is 9.97. The summed E-state index contributed by atoms with van der Waals surface area (Å²) in [5.74, 6) is 1.07. The van der Waals surface area contributed by atoms with Gasteiger partial charge < -0.3 is 9.84 Å². The molecule has 0 radical (unpaired) electrons. The van der Waals surface area contributed by atoms with Crippen molar-refractivity contribution in [1.29, 1.82) is 0 Å². The van der Waals surface area contributed by atoms with E-state index in [0.29, 0.717) is 6.61 Å². The van der Waals surface area contributed by atoms with Gasteiger partial charge in [0.25, 0.3) is 0 Å². The highest BCUT2D eigenvalue weighted by atomic mass is 16.5. The first-order valence-electron chi connectivity index (χ1n) is 4.19. The van der Waals surface area contributed by atoms with Gasteiger partial charge in [-0.05, 0) is 13.0 Å². The summed E-state index contributed by atoms with van der Waals surface area (Å²) in [5.41, 5.74) is 1.13. The maximum absolute atomic E-state index is 9.42. The van der Waals surface area contributed by atoms with Crippen LogP contribution in [0.2, 0.25) is 0 Å². The highest BCUT2D eigenvalue weighted by molar-refractivity contribution is 5.40. The van der Waals surface area contributed by atoms with E-state index in [4.69, 9.17) is 4.74 Å². The molecule has 0 aromatic heterocycles. The molecule has 1 aromatic carbocycles. The van der Waals surface area contributed by atoms with Crippen molar-refractivity contribution in [3.63, 3.8) is 0 Å². The molecule has 64 valence electrons. The van der Waals surface area contributed by atoms with Gasteiger partial charge in [-0.1, -0.05) is 18.2 Å². The molecule has 1 aliphatic rings. The van der Waals surface area contributed by atoms with Crippen molar-refractivity contribution in [2.45, 2.75) is 18.9 Å². The van der Waals surface area contributed by atoms with E-state index in [1.165, 1.54) is 0 Å². The van der Waals surface area contributed by atoms with Gasteiger partial charge in [-0.2, -0.15) is 0 Å². The molecule has 2 heteroatoms. The summed E-state index contributed by atoms with van der Waals surface area (Å²) in [7, 11) is 0. The Kier molecular flexibility index (Phi) is 1.77. The molecule has 0 amide bonds. The van der Waals surface area contributed by atoms with Crippen molar-refractivity contribution in [2.24, 2.45) is 0 Å². The first-order chi connectivity index (χ1) is 5.79. The molecular weight excluding hydrogens is 152 g/mol. The predicted molar refractivity (Wildman–Crippen MR) is 46.4 cm³/mol. The number of fused-ring (bicyclic) bond motifs is 1. The van der Waals surface area contributed by atoms with Crippen LogP contribution >= 0.6 is 0 Å². The summed E-state index contributed by atoms with van der Waals surface area (Å²) in [6, 6.07) is 7.88. The summed E-state index contributed by atoms with van der Waals surface area (Å²) in [6.45, 7) is 2.41. The summed E-state index contributed by atoms with van der Waals surface area (Å²) in [4.78, 5) is 0. The fourth-order valence-electron chi connectivity index (χ4n) is 1.59. The molecule has 1 heterocycles. The smallest absolute Gasteiger partial charge is 0.123 e. The lowest BCUT2D eigenvalue weighted by Crippen LogP contribution is -2.15. The van der Waals surface area contributed by atoms with Gasteiger partial charge in [-0.25, -0.2) is 0 Å². The number of ether oxygens (including phenoxy) is 1. The lowest BCUT2D eigenvalue weighted by molar-refractivity contribution is 0.146. The minimum absolute atomic E-state index is 0.154. The maximum Gasteiger partial charge on any atom is 0.123 e. The van der Waals surface area contributed by atoms with Crippen LogP contribution in [0.3, 0.4) is 0 Å². The van der Waals surface area contributed by atoms with Crippen LogP contribution in [-0.2, 0) is 0 Å². The molecule has 0 saturated carbocycles. The Bertz CT molecular complexity index is 281.